The second-order valence-electron chi connectivity index (χ2n) is 7.45. The lowest BCUT2D eigenvalue weighted by atomic mass is 9.95. The van der Waals surface area contributed by atoms with Crippen LogP contribution in [0.3, 0.4) is 0 Å². The molecule has 2 aromatic carbocycles. The maximum absolute atomic E-state index is 6.49. The van der Waals surface area contributed by atoms with E-state index < -0.39 is 0 Å². The Morgan fingerprint density at radius 3 is 2.57 bits per heavy atom. The zero-order chi connectivity index (χ0) is 19.2. The maximum atomic E-state index is 6.49. The highest BCUT2D eigenvalue weighted by Gasteiger charge is 2.14. The first-order valence-electron chi connectivity index (χ1n) is 10.1. The number of nitrogens with one attached hydrogen (secondary N) is 2. The first-order chi connectivity index (χ1) is 13.8. The Bertz CT molecular complexity index is 905. The number of aromatic nitrogens is 1. The third-order valence-electron chi connectivity index (χ3n) is 5.33. The van der Waals surface area contributed by atoms with Crippen LogP contribution in [0, 0.1) is 0 Å². The number of halogens is 1. The van der Waals surface area contributed by atoms with E-state index in [1.165, 1.54) is 37.7 Å². The van der Waals surface area contributed by atoms with Gasteiger partial charge in [0.1, 0.15) is 5.82 Å². The molecule has 28 heavy (non-hydrogen) atoms. The van der Waals surface area contributed by atoms with Crippen molar-refractivity contribution >= 4 is 23.1 Å². The fraction of sp³-hybridized carbons (Fsp3) is 0.292. The van der Waals surface area contributed by atoms with Crippen LogP contribution in [0.2, 0.25) is 5.02 Å². The SMILES string of the molecule is Clc1cnc(NC2CCCCC2)cc1-c1cccc(NCc2ccccc2)c1. The average molecular weight is 392 g/mol. The monoisotopic (exact) mass is 391 g/mol. The lowest BCUT2D eigenvalue weighted by Gasteiger charge is -2.23. The van der Waals surface area contributed by atoms with Gasteiger partial charge in [0.2, 0.25) is 0 Å². The third-order valence-corrected chi connectivity index (χ3v) is 5.63. The van der Waals surface area contributed by atoms with Crippen LogP contribution in [-0.2, 0) is 6.54 Å². The lowest BCUT2D eigenvalue weighted by molar-refractivity contribution is 0.462. The van der Waals surface area contributed by atoms with Crippen molar-refractivity contribution in [1.29, 1.82) is 0 Å². The molecule has 0 bridgehead atoms. The van der Waals surface area contributed by atoms with Gasteiger partial charge in [0, 0.05) is 30.0 Å². The number of rotatable bonds is 6. The molecule has 1 heterocycles. The first kappa shape index (κ1) is 18.8. The van der Waals surface area contributed by atoms with Crippen LogP contribution in [0.15, 0.2) is 66.9 Å². The summed E-state index contributed by atoms with van der Waals surface area (Å²) in [6.07, 6.45) is 8.14. The zero-order valence-corrected chi connectivity index (χ0v) is 16.8. The van der Waals surface area contributed by atoms with Crippen LogP contribution in [0.5, 0.6) is 0 Å². The van der Waals surface area contributed by atoms with E-state index in [1.807, 2.05) is 6.07 Å². The molecular weight excluding hydrogens is 366 g/mol. The first-order valence-corrected chi connectivity index (χ1v) is 10.5. The Morgan fingerprint density at radius 1 is 0.929 bits per heavy atom. The van der Waals surface area contributed by atoms with Crippen molar-refractivity contribution in [3.05, 3.63) is 77.4 Å². The molecule has 0 amide bonds. The van der Waals surface area contributed by atoms with Crippen molar-refractivity contribution in [2.75, 3.05) is 10.6 Å². The lowest BCUT2D eigenvalue weighted by Crippen LogP contribution is -2.22. The number of benzene rings is 2. The number of pyridine rings is 1. The van der Waals surface area contributed by atoms with Gasteiger partial charge in [-0.3, -0.25) is 0 Å². The van der Waals surface area contributed by atoms with E-state index in [0.717, 1.165) is 29.2 Å². The van der Waals surface area contributed by atoms with Gasteiger partial charge < -0.3 is 10.6 Å². The molecule has 1 aliphatic carbocycles. The molecule has 0 radical (unpaired) electrons. The normalized spacial score (nSPS) is 14.6. The van der Waals surface area contributed by atoms with E-state index in [0.29, 0.717) is 11.1 Å². The largest absolute Gasteiger partial charge is 0.381 e. The van der Waals surface area contributed by atoms with Crippen LogP contribution in [0.4, 0.5) is 11.5 Å². The number of hydrogen-bond donors (Lipinski definition) is 2. The Kier molecular flexibility index (Phi) is 6.13. The minimum absolute atomic E-state index is 0.522. The molecule has 1 fully saturated rings. The van der Waals surface area contributed by atoms with Gasteiger partial charge in [-0.1, -0.05) is 73.3 Å². The number of anilines is 2. The Balaban J connectivity index is 1.50. The van der Waals surface area contributed by atoms with E-state index >= 15 is 0 Å². The summed E-state index contributed by atoms with van der Waals surface area (Å²) in [6.45, 7) is 0.795. The third kappa shape index (κ3) is 4.85. The Hall–Kier alpha value is -2.52. The molecule has 0 spiro atoms. The molecule has 4 heteroatoms. The molecule has 0 unspecified atom stereocenters. The quantitative estimate of drug-likeness (QED) is 0.487. The molecule has 0 saturated heterocycles. The van der Waals surface area contributed by atoms with Crippen molar-refractivity contribution in [3.8, 4) is 11.1 Å². The molecule has 144 valence electrons. The Morgan fingerprint density at radius 2 is 1.75 bits per heavy atom. The molecule has 1 aromatic heterocycles. The van der Waals surface area contributed by atoms with Crippen LogP contribution >= 0.6 is 11.6 Å². The summed E-state index contributed by atoms with van der Waals surface area (Å²) < 4.78 is 0. The zero-order valence-electron chi connectivity index (χ0n) is 16.0. The maximum Gasteiger partial charge on any atom is 0.126 e. The summed E-state index contributed by atoms with van der Waals surface area (Å²) in [5.41, 5.74) is 4.44. The highest BCUT2D eigenvalue weighted by Crippen LogP contribution is 2.32. The molecular formula is C24H26ClN3. The minimum atomic E-state index is 0.522. The summed E-state index contributed by atoms with van der Waals surface area (Å²) in [5, 5.41) is 7.77. The van der Waals surface area contributed by atoms with Gasteiger partial charge in [0.25, 0.3) is 0 Å². The van der Waals surface area contributed by atoms with Crippen molar-refractivity contribution in [3.63, 3.8) is 0 Å². The van der Waals surface area contributed by atoms with Crippen LogP contribution in [0.25, 0.3) is 11.1 Å². The van der Waals surface area contributed by atoms with Gasteiger partial charge in [0.15, 0.2) is 0 Å². The smallest absolute Gasteiger partial charge is 0.126 e. The summed E-state index contributed by atoms with van der Waals surface area (Å²) in [6, 6.07) is 21.4. The molecule has 4 rings (SSSR count). The van der Waals surface area contributed by atoms with Crippen molar-refractivity contribution in [2.45, 2.75) is 44.7 Å². The van der Waals surface area contributed by atoms with Gasteiger partial charge in [0.05, 0.1) is 5.02 Å². The van der Waals surface area contributed by atoms with E-state index in [1.54, 1.807) is 6.20 Å². The molecule has 2 N–H and O–H groups in total. The molecule has 1 aliphatic rings. The van der Waals surface area contributed by atoms with E-state index in [4.69, 9.17) is 11.6 Å². The van der Waals surface area contributed by atoms with E-state index in [2.05, 4.69) is 70.2 Å². The fourth-order valence-corrected chi connectivity index (χ4v) is 4.00. The van der Waals surface area contributed by atoms with Gasteiger partial charge in [-0.05, 0) is 42.2 Å². The summed E-state index contributed by atoms with van der Waals surface area (Å²) in [5.74, 6) is 0.911. The summed E-state index contributed by atoms with van der Waals surface area (Å²) >= 11 is 6.49. The summed E-state index contributed by atoms with van der Waals surface area (Å²) in [7, 11) is 0. The van der Waals surface area contributed by atoms with Crippen LogP contribution in [0.1, 0.15) is 37.7 Å². The van der Waals surface area contributed by atoms with Crippen LogP contribution < -0.4 is 10.6 Å². The Labute approximate surface area is 172 Å². The standard InChI is InChI=1S/C24H26ClN3/c25-23-17-27-24(28-20-11-5-2-6-12-20)15-22(23)19-10-7-13-21(14-19)26-16-18-8-3-1-4-9-18/h1,3-4,7-10,13-15,17,20,26H,2,5-6,11-12,16H2,(H,27,28). The minimum Gasteiger partial charge on any atom is -0.381 e. The van der Waals surface area contributed by atoms with Crippen molar-refractivity contribution in [1.82, 2.24) is 4.98 Å². The highest BCUT2D eigenvalue weighted by atomic mass is 35.5. The van der Waals surface area contributed by atoms with Gasteiger partial charge in [-0.2, -0.15) is 0 Å². The van der Waals surface area contributed by atoms with Crippen LogP contribution in [-0.4, -0.2) is 11.0 Å². The molecule has 0 aliphatic heterocycles. The average Bonchev–Trinajstić information content (AvgIpc) is 2.75. The second kappa shape index (κ2) is 9.11. The number of nitrogens with zero attached hydrogens (tertiary/aromatic N) is 1. The van der Waals surface area contributed by atoms with E-state index in [9.17, 15) is 0 Å². The molecule has 3 aromatic rings. The van der Waals surface area contributed by atoms with Crippen molar-refractivity contribution < 1.29 is 0 Å². The molecule has 1 saturated carbocycles. The highest BCUT2D eigenvalue weighted by molar-refractivity contribution is 6.33. The van der Waals surface area contributed by atoms with Gasteiger partial charge in [-0.15, -0.1) is 0 Å². The second-order valence-corrected chi connectivity index (χ2v) is 7.86. The summed E-state index contributed by atoms with van der Waals surface area (Å²) in [4.78, 5) is 4.50. The predicted molar refractivity (Wildman–Crippen MR) is 119 cm³/mol. The van der Waals surface area contributed by atoms with Gasteiger partial charge >= 0.3 is 0 Å². The predicted octanol–water partition coefficient (Wildman–Crippen LogP) is 6.76. The van der Waals surface area contributed by atoms with Gasteiger partial charge in [-0.25, -0.2) is 4.98 Å². The molecule has 3 nitrogen and oxygen atoms in total. The molecule has 0 atom stereocenters. The van der Waals surface area contributed by atoms with Crippen molar-refractivity contribution in [2.24, 2.45) is 0 Å². The topological polar surface area (TPSA) is 37.0 Å². The number of hydrogen-bond acceptors (Lipinski definition) is 3. The fourth-order valence-electron chi connectivity index (χ4n) is 3.79. The van der Waals surface area contributed by atoms with E-state index in [-0.39, 0.29) is 0 Å².